The van der Waals surface area contributed by atoms with Crippen molar-refractivity contribution in [3.63, 3.8) is 0 Å². The minimum Gasteiger partial charge on any atom is -0.478 e. The van der Waals surface area contributed by atoms with E-state index in [9.17, 15) is 14.0 Å². The number of nitrogen functional groups attached to an aromatic ring is 1. The van der Waals surface area contributed by atoms with Crippen LogP contribution in [0.2, 0.25) is 0 Å². The van der Waals surface area contributed by atoms with Crippen molar-refractivity contribution in [3.05, 3.63) is 58.9 Å². The summed E-state index contributed by atoms with van der Waals surface area (Å²) in [5.74, 6) is -2.59. The summed E-state index contributed by atoms with van der Waals surface area (Å²) in [6.07, 6.45) is 0. The minimum absolute atomic E-state index is 0.0217. The van der Waals surface area contributed by atoms with E-state index in [-0.39, 0.29) is 16.8 Å². The Morgan fingerprint density at radius 1 is 1.19 bits per heavy atom. The lowest BCUT2D eigenvalue weighted by atomic mass is 10.1. The number of nitrogens with two attached hydrogens (primary N) is 1. The Bertz CT molecular complexity index is 729. The van der Waals surface area contributed by atoms with E-state index in [2.05, 4.69) is 5.32 Å². The molecule has 0 aliphatic carbocycles. The molecule has 0 heterocycles. The predicted octanol–water partition coefficient (Wildman–Crippen LogP) is 2.67. The highest BCUT2D eigenvalue weighted by molar-refractivity contribution is 6.08. The fourth-order valence-electron chi connectivity index (χ4n) is 1.86. The van der Waals surface area contributed by atoms with E-state index in [4.69, 9.17) is 10.8 Å². The number of anilines is 2. The van der Waals surface area contributed by atoms with Gasteiger partial charge in [0.05, 0.1) is 16.8 Å². The average molecular weight is 288 g/mol. The predicted molar refractivity (Wildman–Crippen MR) is 76.9 cm³/mol. The molecule has 0 aliphatic heterocycles. The van der Waals surface area contributed by atoms with Crippen LogP contribution in [0, 0.1) is 12.7 Å². The van der Waals surface area contributed by atoms with Gasteiger partial charge in [0.2, 0.25) is 0 Å². The monoisotopic (exact) mass is 288 g/mol. The normalized spacial score (nSPS) is 10.2. The molecule has 6 heteroatoms. The van der Waals surface area contributed by atoms with Gasteiger partial charge in [0.15, 0.2) is 0 Å². The lowest BCUT2D eigenvalue weighted by molar-refractivity contribution is 0.0698. The number of aromatic carboxylic acids is 1. The Morgan fingerprint density at radius 2 is 1.90 bits per heavy atom. The number of halogens is 1. The molecule has 0 radical (unpaired) electrons. The van der Waals surface area contributed by atoms with Crippen molar-refractivity contribution in [1.82, 2.24) is 0 Å². The van der Waals surface area contributed by atoms with Gasteiger partial charge in [0.25, 0.3) is 5.91 Å². The highest BCUT2D eigenvalue weighted by atomic mass is 19.1. The maximum atomic E-state index is 13.9. The zero-order chi connectivity index (χ0) is 15.6. The molecule has 2 aromatic carbocycles. The maximum absolute atomic E-state index is 13.9. The van der Waals surface area contributed by atoms with Crippen LogP contribution in [0.25, 0.3) is 0 Å². The molecule has 0 unspecified atom stereocenters. The Labute approximate surface area is 120 Å². The summed E-state index contributed by atoms with van der Waals surface area (Å²) in [6, 6.07) is 8.41. The number of benzene rings is 2. The molecule has 0 bridgehead atoms. The highest BCUT2D eigenvalue weighted by Gasteiger charge is 2.17. The summed E-state index contributed by atoms with van der Waals surface area (Å²) in [6.45, 7) is 1.54. The third-order valence-electron chi connectivity index (χ3n) is 2.96. The van der Waals surface area contributed by atoms with Gasteiger partial charge in [0.1, 0.15) is 5.82 Å². The Hall–Kier alpha value is -2.89. The van der Waals surface area contributed by atoms with Gasteiger partial charge in [-0.2, -0.15) is 0 Å². The number of carbonyl (C=O) groups is 2. The molecule has 0 aliphatic rings. The Morgan fingerprint density at radius 3 is 2.57 bits per heavy atom. The average Bonchev–Trinajstić information content (AvgIpc) is 2.41. The standard InChI is InChI=1S/C15H13FN2O3/c1-8-3-2-4-11(13(8)16)14(19)18-12-7-9(17)5-6-10(12)15(20)21/h2-7H,17H2,1H3,(H,18,19)(H,20,21). The van der Waals surface area contributed by atoms with Crippen LogP contribution in [0.4, 0.5) is 15.8 Å². The maximum Gasteiger partial charge on any atom is 0.337 e. The summed E-state index contributed by atoms with van der Waals surface area (Å²) < 4.78 is 13.9. The number of aryl methyl sites for hydroxylation is 1. The van der Waals surface area contributed by atoms with Crippen molar-refractivity contribution in [2.75, 3.05) is 11.1 Å². The smallest absolute Gasteiger partial charge is 0.337 e. The number of hydrogen-bond donors (Lipinski definition) is 3. The highest BCUT2D eigenvalue weighted by Crippen LogP contribution is 2.21. The third-order valence-corrected chi connectivity index (χ3v) is 2.96. The summed E-state index contributed by atoms with van der Waals surface area (Å²) in [5, 5.41) is 11.4. The second kappa shape index (κ2) is 5.62. The molecule has 108 valence electrons. The summed E-state index contributed by atoms with van der Waals surface area (Å²) in [5.41, 5.74) is 5.94. The minimum atomic E-state index is -1.21. The third kappa shape index (κ3) is 3.00. The lowest BCUT2D eigenvalue weighted by Crippen LogP contribution is -2.17. The number of nitrogens with one attached hydrogen (secondary N) is 1. The molecule has 21 heavy (non-hydrogen) atoms. The first-order valence-electron chi connectivity index (χ1n) is 6.09. The fourth-order valence-corrected chi connectivity index (χ4v) is 1.86. The summed E-state index contributed by atoms with van der Waals surface area (Å²) in [4.78, 5) is 23.2. The molecule has 0 atom stereocenters. The summed E-state index contributed by atoms with van der Waals surface area (Å²) in [7, 11) is 0. The number of hydrogen-bond acceptors (Lipinski definition) is 3. The first-order valence-corrected chi connectivity index (χ1v) is 6.09. The van der Waals surface area contributed by atoms with Gasteiger partial charge in [-0.25, -0.2) is 9.18 Å². The number of rotatable bonds is 3. The van der Waals surface area contributed by atoms with E-state index < -0.39 is 17.7 Å². The molecule has 0 saturated carbocycles. The van der Waals surface area contributed by atoms with Crippen LogP contribution in [0.5, 0.6) is 0 Å². The fraction of sp³-hybridized carbons (Fsp3) is 0.0667. The van der Waals surface area contributed by atoms with Crippen LogP contribution in [0.1, 0.15) is 26.3 Å². The van der Waals surface area contributed by atoms with E-state index in [0.29, 0.717) is 11.3 Å². The van der Waals surface area contributed by atoms with Gasteiger partial charge in [-0.05, 0) is 36.8 Å². The van der Waals surface area contributed by atoms with Crippen LogP contribution in [0.15, 0.2) is 36.4 Å². The molecule has 2 rings (SSSR count). The van der Waals surface area contributed by atoms with E-state index in [1.165, 1.54) is 37.3 Å². The Kier molecular flexibility index (Phi) is 3.89. The molecular weight excluding hydrogens is 275 g/mol. The van der Waals surface area contributed by atoms with Crippen LogP contribution < -0.4 is 11.1 Å². The van der Waals surface area contributed by atoms with Crippen molar-refractivity contribution in [1.29, 1.82) is 0 Å². The SMILES string of the molecule is Cc1cccc(C(=O)Nc2cc(N)ccc2C(=O)O)c1F. The molecular formula is C15H13FN2O3. The topological polar surface area (TPSA) is 92.4 Å². The zero-order valence-corrected chi connectivity index (χ0v) is 11.2. The number of carboxylic acid groups (broad SMARTS) is 1. The van der Waals surface area contributed by atoms with E-state index >= 15 is 0 Å². The van der Waals surface area contributed by atoms with Crippen LogP contribution >= 0.6 is 0 Å². The van der Waals surface area contributed by atoms with Gasteiger partial charge in [-0.1, -0.05) is 12.1 Å². The van der Waals surface area contributed by atoms with Crippen LogP contribution in [-0.2, 0) is 0 Å². The van der Waals surface area contributed by atoms with Crippen molar-refractivity contribution >= 4 is 23.3 Å². The number of carboxylic acids is 1. The molecule has 2 aromatic rings. The summed E-state index contributed by atoms with van der Waals surface area (Å²) >= 11 is 0. The van der Waals surface area contributed by atoms with Gasteiger partial charge >= 0.3 is 5.97 Å². The lowest BCUT2D eigenvalue weighted by Gasteiger charge is -2.10. The molecule has 4 N–H and O–H groups in total. The second-order valence-corrected chi connectivity index (χ2v) is 4.50. The first-order chi connectivity index (χ1) is 9.90. The molecule has 0 fully saturated rings. The van der Waals surface area contributed by atoms with Crippen molar-refractivity contribution in [2.24, 2.45) is 0 Å². The first kappa shape index (κ1) is 14.5. The molecule has 0 spiro atoms. The second-order valence-electron chi connectivity index (χ2n) is 4.50. The van der Waals surface area contributed by atoms with Crippen molar-refractivity contribution < 1.29 is 19.1 Å². The quantitative estimate of drug-likeness (QED) is 0.757. The van der Waals surface area contributed by atoms with Crippen molar-refractivity contribution in [3.8, 4) is 0 Å². The molecule has 1 amide bonds. The molecule has 5 nitrogen and oxygen atoms in total. The van der Waals surface area contributed by atoms with Crippen LogP contribution in [-0.4, -0.2) is 17.0 Å². The van der Waals surface area contributed by atoms with E-state index in [1.807, 2.05) is 0 Å². The largest absolute Gasteiger partial charge is 0.478 e. The van der Waals surface area contributed by atoms with Gasteiger partial charge in [-0.3, -0.25) is 4.79 Å². The van der Waals surface area contributed by atoms with E-state index in [0.717, 1.165) is 0 Å². The van der Waals surface area contributed by atoms with Gasteiger partial charge in [-0.15, -0.1) is 0 Å². The van der Waals surface area contributed by atoms with E-state index in [1.54, 1.807) is 6.07 Å². The molecule has 0 saturated heterocycles. The number of carbonyl (C=O) groups excluding carboxylic acids is 1. The van der Waals surface area contributed by atoms with Gasteiger partial charge < -0.3 is 16.2 Å². The van der Waals surface area contributed by atoms with Crippen LogP contribution in [0.3, 0.4) is 0 Å². The van der Waals surface area contributed by atoms with Crippen molar-refractivity contribution in [2.45, 2.75) is 6.92 Å². The van der Waals surface area contributed by atoms with Gasteiger partial charge in [0, 0.05) is 5.69 Å². The number of amides is 1. The Balaban J connectivity index is 2.38. The molecule has 0 aromatic heterocycles. The zero-order valence-electron chi connectivity index (χ0n) is 11.2.